The summed E-state index contributed by atoms with van der Waals surface area (Å²) in [6.07, 6.45) is 0.461. The largest absolute Gasteiger partial charge is 0.415 e. The van der Waals surface area contributed by atoms with Crippen molar-refractivity contribution in [2.24, 2.45) is 0 Å². The number of ether oxygens (including phenoxy) is 1. The van der Waals surface area contributed by atoms with Gasteiger partial charge >= 0.3 is 6.09 Å². The molecular formula is C19H21NO4S. The van der Waals surface area contributed by atoms with E-state index in [0.717, 1.165) is 5.56 Å². The van der Waals surface area contributed by atoms with Crippen molar-refractivity contribution >= 4 is 15.9 Å². The minimum atomic E-state index is -3.22. The third-order valence-corrected chi connectivity index (χ3v) is 6.59. The Kier molecular flexibility index (Phi) is 5.38. The number of rotatable bonds is 4. The zero-order valence-electron chi connectivity index (χ0n) is 13.9. The van der Waals surface area contributed by atoms with Crippen molar-refractivity contribution in [3.63, 3.8) is 0 Å². The molecule has 0 aromatic heterocycles. The molecule has 1 aliphatic rings. The van der Waals surface area contributed by atoms with E-state index in [1.165, 1.54) is 0 Å². The smallest absolute Gasteiger partial charge is 0.410 e. The van der Waals surface area contributed by atoms with E-state index in [2.05, 4.69) is 0 Å². The Labute approximate surface area is 148 Å². The van der Waals surface area contributed by atoms with Crippen LogP contribution >= 0.6 is 0 Å². The minimum Gasteiger partial charge on any atom is -0.410 e. The van der Waals surface area contributed by atoms with E-state index in [4.69, 9.17) is 4.74 Å². The average Bonchev–Trinajstić information content (AvgIpc) is 2.63. The fourth-order valence-corrected chi connectivity index (χ4v) is 4.80. The Bertz CT molecular complexity index is 798. The third kappa shape index (κ3) is 4.60. The van der Waals surface area contributed by atoms with Gasteiger partial charge in [-0.05, 0) is 30.5 Å². The first-order valence-corrected chi connectivity index (χ1v) is 10.0. The van der Waals surface area contributed by atoms with Gasteiger partial charge in [0, 0.05) is 13.1 Å². The lowest BCUT2D eigenvalue weighted by atomic mass is 10.1. The SMILES string of the molecule is O=C(Oc1ccccc1)N1CCC(S(=O)(=O)Cc2ccccc2)CC1. The zero-order chi connectivity index (χ0) is 17.7. The Hall–Kier alpha value is -2.34. The van der Waals surface area contributed by atoms with E-state index >= 15 is 0 Å². The van der Waals surface area contributed by atoms with Gasteiger partial charge in [-0.3, -0.25) is 0 Å². The highest BCUT2D eigenvalue weighted by Crippen LogP contribution is 2.22. The molecule has 0 atom stereocenters. The number of para-hydroxylation sites is 1. The molecule has 0 saturated carbocycles. The van der Waals surface area contributed by atoms with Gasteiger partial charge < -0.3 is 9.64 Å². The maximum atomic E-state index is 12.6. The second-order valence-corrected chi connectivity index (χ2v) is 8.44. The molecule has 0 N–H and O–H groups in total. The molecular weight excluding hydrogens is 338 g/mol. The minimum absolute atomic E-state index is 0.0486. The van der Waals surface area contributed by atoms with Crippen molar-refractivity contribution in [2.45, 2.75) is 23.8 Å². The van der Waals surface area contributed by atoms with Crippen LogP contribution in [0.3, 0.4) is 0 Å². The molecule has 1 fully saturated rings. The topological polar surface area (TPSA) is 63.7 Å². The van der Waals surface area contributed by atoms with E-state index in [9.17, 15) is 13.2 Å². The molecule has 2 aromatic rings. The van der Waals surface area contributed by atoms with Gasteiger partial charge in [0.05, 0.1) is 11.0 Å². The molecule has 2 aromatic carbocycles. The van der Waals surface area contributed by atoms with Crippen molar-refractivity contribution in [3.8, 4) is 5.75 Å². The Morgan fingerprint density at radius 3 is 2.12 bits per heavy atom. The molecule has 0 aliphatic carbocycles. The van der Waals surface area contributed by atoms with E-state index in [0.29, 0.717) is 31.7 Å². The second kappa shape index (κ2) is 7.70. The highest BCUT2D eigenvalue weighted by atomic mass is 32.2. The van der Waals surface area contributed by atoms with Gasteiger partial charge in [-0.25, -0.2) is 13.2 Å². The van der Waals surface area contributed by atoms with E-state index in [1.807, 2.05) is 36.4 Å². The molecule has 1 aliphatic heterocycles. The Morgan fingerprint density at radius 1 is 0.960 bits per heavy atom. The predicted octanol–water partition coefficient (Wildman–Crippen LogP) is 3.26. The van der Waals surface area contributed by atoms with E-state index in [-0.39, 0.29) is 5.75 Å². The van der Waals surface area contributed by atoms with Crippen molar-refractivity contribution in [3.05, 3.63) is 66.2 Å². The summed E-state index contributed by atoms with van der Waals surface area (Å²) >= 11 is 0. The summed E-state index contributed by atoms with van der Waals surface area (Å²) in [7, 11) is -3.22. The molecule has 1 heterocycles. The van der Waals surface area contributed by atoms with Crippen LogP contribution in [0.1, 0.15) is 18.4 Å². The first-order chi connectivity index (χ1) is 12.0. The molecule has 6 heteroatoms. The second-order valence-electron chi connectivity index (χ2n) is 6.16. The standard InChI is InChI=1S/C19H21NO4S/c21-19(24-17-9-5-2-6-10-17)20-13-11-18(12-14-20)25(22,23)15-16-7-3-1-4-8-16/h1-10,18H,11-15H2. The number of likely N-dealkylation sites (tertiary alicyclic amines) is 1. The molecule has 3 rings (SSSR count). The van der Waals surface area contributed by atoms with Crippen molar-refractivity contribution in [2.75, 3.05) is 13.1 Å². The van der Waals surface area contributed by atoms with Crippen molar-refractivity contribution < 1.29 is 17.9 Å². The summed E-state index contributed by atoms with van der Waals surface area (Å²) in [6, 6.07) is 18.1. The van der Waals surface area contributed by atoms with Crippen molar-refractivity contribution in [1.82, 2.24) is 4.90 Å². The number of benzene rings is 2. The molecule has 1 amide bonds. The van der Waals surface area contributed by atoms with Gasteiger partial charge in [0.15, 0.2) is 9.84 Å². The van der Waals surface area contributed by atoms with Gasteiger partial charge in [-0.15, -0.1) is 0 Å². The summed E-state index contributed by atoms with van der Waals surface area (Å²) in [5.74, 6) is 0.541. The number of carbonyl (C=O) groups excluding carboxylic acids is 1. The number of piperidine rings is 1. The Balaban J connectivity index is 1.55. The van der Waals surface area contributed by atoms with E-state index in [1.54, 1.807) is 29.2 Å². The van der Waals surface area contributed by atoms with Gasteiger partial charge in [-0.2, -0.15) is 0 Å². The van der Waals surface area contributed by atoms with Crippen LogP contribution in [-0.2, 0) is 15.6 Å². The van der Waals surface area contributed by atoms with Crippen LogP contribution in [0.15, 0.2) is 60.7 Å². The number of hydrogen-bond acceptors (Lipinski definition) is 4. The molecule has 0 unspecified atom stereocenters. The molecule has 132 valence electrons. The van der Waals surface area contributed by atoms with Gasteiger partial charge in [0.25, 0.3) is 0 Å². The molecule has 0 spiro atoms. The van der Waals surface area contributed by atoms with Crippen LogP contribution in [0.5, 0.6) is 5.75 Å². The number of hydrogen-bond donors (Lipinski definition) is 0. The van der Waals surface area contributed by atoms with Gasteiger partial charge in [-0.1, -0.05) is 48.5 Å². The first-order valence-electron chi connectivity index (χ1n) is 8.32. The Morgan fingerprint density at radius 2 is 1.52 bits per heavy atom. The quantitative estimate of drug-likeness (QED) is 0.840. The summed E-state index contributed by atoms with van der Waals surface area (Å²) in [6.45, 7) is 0.786. The monoisotopic (exact) mass is 359 g/mol. The average molecular weight is 359 g/mol. The zero-order valence-corrected chi connectivity index (χ0v) is 14.7. The van der Waals surface area contributed by atoms with Crippen molar-refractivity contribution in [1.29, 1.82) is 0 Å². The highest BCUT2D eigenvalue weighted by molar-refractivity contribution is 7.91. The van der Waals surface area contributed by atoms with Crippen LogP contribution in [-0.4, -0.2) is 37.8 Å². The fourth-order valence-electron chi connectivity index (χ4n) is 2.98. The molecule has 5 nitrogen and oxygen atoms in total. The van der Waals surface area contributed by atoms with Gasteiger partial charge in [0.2, 0.25) is 0 Å². The maximum absolute atomic E-state index is 12.6. The summed E-state index contributed by atoms with van der Waals surface area (Å²) < 4.78 is 30.5. The van der Waals surface area contributed by atoms with Crippen LogP contribution in [0, 0.1) is 0 Å². The number of amides is 1. The first kappa shape index (κ1) is 17.5. The van der Waals surface area contributed by atoms with Crippen LogP contribution in [0.4, 0.5) is 4.79 Å². The summed E-state index contributed by atoms with van der Waals surface area (Å²) in [5.41, 5.74) is 0.799. The number of nitrogens with zero attached hydrogens (tertiary/aromatic N) is 1. The number of sulfone groups is 1. The van der Waals surface area contributed by atoms with Crippen LogP contribution in [0.25, 0.3) is 0 Å². The predicted molar refractivity (Wildman–Crippen MR) is 96.1 cm³/mol. The lowest BCUT2D eigenvalue weighted by molar-refractivity contribution is 0.143. The highest BCUT2D eigenvalue weighted by Gasteiger charge is 2.32. The maximum Gasteiger partial charge on any atom is 0.415 e. The molecule has 0 bridgehead atoms. The lowest BCUT2D eigenvalue weighted by Crippen LogP contribution is -2.43. The van der Waals surface area contributed by atoms with E-state index < -0.39 is 21.2 Å². The van der Waals surface area contributed by atoms with Crippen LogP contribution in [0.2, 0.25) is 0 Å². The van der Waals surface area contributed by atoms with Crippen LogP contribution < -0.4 is 4.74 Å². The third-order valence-electron chi connectivity index (χ3n) is 4.37. The van der Waals surface area contributed by atoms with Gasteiger partial charge in [0.1, 0.15) is 5.75 Å². The normalized spacial score (nSPS) is 15.8. The molecule has 25 heavy (non-hydrogen) atoms. The molecule has 0 radical (unpaired) electrons. The summed E-state index contributed by atoms with van der Waals surface area (Å²) in [4.78, 5) is 13.7. The number of carbonyl (C=O) groups is 1. The lowest BCUT2D eigenvalue weighted by Gasteiger charge is -2.31. The molecule has 1 saturated heterocycles. The summed E-state index contributed by atoms with van der Waals surface area (Å²) in [5, 5.41) is -0.409. The fraction of sp³-hybridized carbons (Fsp3) is 0.316.